The Kier molecular flexibility index (Phi) is 13.2. The van der Waals surface area contributed by atoms with Gasteiger partial charge in [0.05, 0.1) is 45.7 Å². The van der Waals surface area contributed by atoms with Crippen LogP contribution in [0.3, 0.4) is 0 Å². The van der Waals surface area contributed by atoms with Gasteiger partial charge in [0.15, 0.2) is 0 Å². The first-order valence-electron chi connectivity index (χ1n) is 20.7. The number of aromatic carboxylic acids is 1. The van der Waals surface area contributed by atoms with E-state index in [0.717, 1.165) is 11.1 Å². The maximum absolute atomic E-state index is 13.5. The van der Waals surface area contributed by atoms with Crippen LogP contribution >= 0.6 is 0 Å². The van der Waals surface area contributed by atoms with Crippen molar-refractivity contribution in [3.05, 3.63) is 200 Å². The number of hydrogen-bond acceptors (Lipinski definition) is 10. The molecule has 5 aromatic carbocycles. The number of hydrogen-bond donors (Lipinski definition) is 10. The van der Waals surface area contributed by atoms with Crippen LogP contribution in [0, 0.1) is 5.82 Å². The van der Waals surface area contributed by atoms with Gasteiger partial charge in [-0.05, 0) is 65.2 Å². The predicted octanol–water partition coefficient (Wildman–Crippen LogP) is 6.89. The van der Waals surface area contributed by atoms with Crippen molar-refractivity contribution < 1.29 is 29.3 Å². The first-order chi connectivity index (χ1) is 32.0. The van der Waals surface area contributed by atoms with Crippen LogP contribution in [0.1, 0.15) is 49.6 Å². The fraction of sp³-hybridized carbons (Fsp3) is 0.102. The lowest BCUT2D eigenvalue weighted by Gasteiger charge is -2.14. The minimum absolute atomic E-state index is 0.0476. The van der Waals surface area contributed by atoms with Gasteiger partial charge in [-0.2, -0.15) is 0 Å². The molecule has 0 aliphatic rings. The Morgan fingerprint density at radius 1 is 0.606 bits per heavy atom. The Balaban J connectivity index is 0.000000185. The number of aliphatic hydroxyl groups excluding tert-OH is 2. The van der Waals surface area contributed by atoms with Gasteiger partial charge in [-0.25, -0.2) is 19.2 Å². The molecule has 0 aliphatic heterocycles. The van der Waals surface area contributed by atoms with Crippen molar-refractivity contribution in [2.75, 3.05) is 23.7 Å². The maximum atomic E-state index is 13.5. The van der Waals surface area contributed by atoms with Crippen molar-refractivity contribution in [1.29, 1.82) is 0 Å². The lowest BCUT2D eigenvalue weighted by atomic mass is 10.1. The molecule has 4 aromatic heterocycles. The number of carboxylic acids is 1. The molecule has 0 saturated carbocycles. The van der Waals surface area contributed by atoms with E-state index >= 15 is 0 Å². The fourth-order valence-electron chi connectivity index (χ4n) is 7.30. The number of halogens is 1. The van der Waals surface area contributed by atoms with E-state index in [2.05, 4.69) is 45.9 Å². The van der Waals surface area contributed by atoms with Gasteiger partial charge in [0, 0.05) is 32.0 Å². The van der Waals surface area contributed by atoms with Crippen LogP contribution in [0.4, 0.5) is 15.8 Å². The van der Waals surface area contributed by atoms with Gasteiger partial charge in [-0.1, -0.05) is 84.9 Å². The normalized spacial score (nSPS) is 11.9. The topological polar surface area (TPSA) is 254 Å². The molecular weight excluding hydrogens is 846 g/mol. The number of pyridine rings is 2. The number of fused-ring (bicyclic) bond motifs is 2. The monoisotopic (exact) mass is 887 g/mol. The molecule has 10 N–H and O–H groups in total. The number of aromatic amines is 4. The van der Waals surface area contributed by atoms with Gasteiger partial charge in [0.1, 0.15) is 39.6 Å². The highest BCUT2D eigenvalue weighted by molar-refractivity contribution is 6.05. The summed E-state index contributed by atoms with van der Waals surface area (Å²) in [5, 5.41) is 39.3. The summed E-state index contributed by atoms with van der Waals surface area (Å²) in [6, 6.07) is 37.6. The van der Waals surface area contributed by atoms with Gasteiger partial charge in [0.2, 0.25) is 0 Å². The van der Waals surface area contributed by atoms with Crippen molar-refractivity contribution in [2.24, 2.45) is 0 Å². The number of aromatic nitrogens is 6. The van der Waals surface area contributed by atoms with Crippen LogP contribution in [-0.4, -0.2) is 70.2 Å². The molecule has 17 heteroatoms. The largest absolute Gasteiger partial charge is 0.478 e. The van der Waals surface area contributed by atoms with E-state index in [1.165, 1.54) is 30.6 Å². The van der Waals surface area contributed by atoms with Crippen LogP contribution in [0.25, 0.3) is 44.8 Å². The van der Waals surface area contributed by atoms with E-state index in [1.807, 2.05) is 60.7 Å². The number of aliphatic hydroxyl groups is 2. The summed E-state index contributed by atoms with van der Waals surface area (Å²) < 4.78 is 13.5. The second-order valence-electron chi connectivity index (χ2n) is 15.0. The highest BCUT2D eigenvalue weighted by atomic mass is 19.1. The standard InChI is InChI=1S/C28H24FN5O3.C21H18N4O4/c29-19-9-4-6-17(14-19)15-32-27(36)20-10-5-11-22-25(20)34-26(33-22)24-21(12-13-30-28(24)37)31-16-23(35)18-7-2-1-3-8-18;26-16(12-5-2-1-3-6-12)11-23-14-9-10-22-20(27)17(14)19-24-15-8-4-7-13(21(28)29)18(15)25-19/h1-14,23,35H,15-16H2,(H,32,36)(H,33,34)(H2,30,31,37);1-10,16,26H,11H2,(H,24,25)(H,28,29)(H2,22,23,27)/t23-;16-/m11/s1. The second-order valence-corrected chi connectivity index (χ2v) is 15.0. The average Bonchev–Trinajstić information content (AvgIpc) is 3.97. The van der Waals surface area contributed by atoms with Gasteiger partial charge in [0.25, 0.3) is 17.0 Å². The third kappa shape index (κ3) is 9.92. The lowest BCUT2D eigenvalue weighted by Crippen LogP contribution is -2.23. The smallest absolute Gasteiger partial charge is 0.337 e. The molecular formula is C49H42FN9O7. The number of carboxylic acid groups (broad SMARTS) is 1. The molecule has 0 aliphatic carbocycles. The number of nitrogens with one attached hydrogen (secondary N) is 7. The minimum atomic E-state index is -1.10. The number of anilines is 2. The Labute approximate surface area is 374 Å². The molecule has 66 heavy (non-hydrogen) atoms. The van der Waals surface area contributed by atoms with Crippen molar-refractivity contribution in [1.82, 2.24) is 35.2 Å². The van der Waals surface area contributed by atoms with Gasteiger partial charge in [-0.3, -0.25) is 14.4 Å². The van der Waals surface area contributed by atoms with E-state index in [1.54, 1.807) is 54.6 Å². The van der Waals surface area contributed by atoms with Crippen LogP contribution in [0.5, 0.6) is 0 Å². The highest BCUT2D eigenvalue weighted by Gasteiger charge is 2.21. The van der Waals surface area contributed by atoms with Crippen LogP contribution in [-0.2, 0) is 6.54 Å². The molecule has 0 unspecified atom stereocenters. The molecule has 0 fully saturated rings. The summed E-state index contributed by atoms with van der Waals surface area (Å²) in [6.07, 6.45) is 1.46. The zero-order valence-corrected chi connectivity index (χ0v) is 34.9. The summed E-state index contributed by atoms with van der Waals surface area (Å²) in [6.45, 7) is 0.510. The van der Waals surface area contributed by atoms with Crippen molar-refractivity contribution in [3.63, 3.8) is 0 Å². The van der Waals surface area contributed by atoms with E-state index in [-0.39, 0.29) is 76.3 Å². The number of para-hydroxylation sites is 2. The fourth-order valence-corrected chi connectivity index (χ4v) is 7.30. The van der Waals surface area contributed by atoms with E-state index in [9.17, 15) is 38.9 Å². The maximum Gasteiger partial charge on any atom is 0.337 e. The minimum Gasteiger partial charge on any atom is -0.478 e. The third-order valence-corrected chi connectivity index (χ3v) is 10.6. The quantitative estimate of drug-likeness (QED) is 0.0538. The number of H-pyrrole nitrogens is 4. The SMILES string of the molecule is O=C(NCc1cccc(F)c1)c1cccc2[nH]c(-c3c(NC[C@@H](O)c4ccccc4)cc[nH]c3=O)nc12.O=C(O)c1cccc2[nH]c(-c3c(NC[C@@H](O)c4ccccc4)cc[nH]c3=O)nc12. The van der Waals surface area contributed by atoms with E-state index in [4.69, 9.17) is 0 Å². The van der Waals surface area contributed by atoms with Crippen LogP contribution in [0.15, 0.2) is 155 Å². The Hall–Kier alpha value is -8.67. The highest BCUT2D eigenvalue weighted by Crippen LogP contribution is 2.28. The molecule has 4 heterocycles. The number of carbonyl (C=O) groups excluding carboxylic acids is 1. The van der Waals surface area contributed by atoms with E-state index < -0.39 is 18.2 Å². The lowest BCUT2D eigenvalue weighted by molar-refractivity contribution is 0.0698. The molecule has 16 nitrogen and oxygen atoms in total. The molecule has 0 saturated heterocycles. The zero-order valence-electron chi connectivity index (χ0n) is 34.9. The first kappa shape index (κ1) is 44.0. The summed E-state index contributed by atoms with van der Waals surface area (Å²) in [5.41, 5.74) is 4.93. The second kappa shape index (κ2) is 19.8. The van der Waals surface area contributed by atoms with Crippen molar-refractivity contribution in [3.8, 4) is 22.8 Å². The average molecular weight is 888 g/mol. The molecule has 0 radical (unpaired) electrons. The Morgan fingerprint density at radius 2 is 1.09 bits per heavy atom. The van der Waals surface area contributed by atoms with Gasteiger partial charge >= 0.3 is 5.97 Å². The van der Waals surface area contributed by atoms with E-state index in [0.29, 0.717) is 39.1 Å². The molecule has 0 bridgehead atoms. The molecule has 9 rings (SSSR count). The number of benzene rings is 5. The van der Waals surface area contributed by atoms with Crippen molar-refractivity contribution >= 4 is 45.3 Å². The number of amides is 1. The van der Waals surface area contributed by atoms with Crippen molar-refractivity contribution in [2.45, 2.75) is 18.8 Å². The van der Waals surface area contributed by atoms with Crippen LogP contribution in [0.2, 0.25) is 0 Å². The van der Waals surface area contributed by atoms with Gasteiger partial charge < -0.3 is 51.2 Å². The first-order valence-corrected chi connectivity index (χ1v) is 20.7. The number of carbonyl (C=O) groups is 2. The molecule has 0 spiro atoms. The molecule has 332 valence electrons. The Morgan fingerprint density at radius 3 is 1.59 bits per heavy atom. The zero-order chi connectivity index (χ0) is 46.2. The summed E-state index contributed by atoms with van der Waals surface area (Å²) >= 11 is 0. The van der Waals surface area contributed by atoms with Gasteiger partial charge in [-0.15, -0.1) is 0 Å². The molecule has 9 aromatic rings. The summed E-state index contributed by atoms with van der Waals surface area (Å²) in [4.78, 5) is 70.0. The molecule has 1 amide bonds. The summed E-state index contributed by atoms with van der Waals surface area (Å²) in [7, 11) is 0. The number of imidazole rings is 2. The number of rotatable bonds is 14. The summed E-state index contributed by atoms with van der Waals surface area (Å²) in [5.74, 6) is -1.33. The van der Waals surface area contributed by atoms with Crippen LogP contribution < -0.4 is 27.1 Å². The predicted molar refractivity (Wildman–Crippen MR) is 249 cm³/mol. The molecule has 2 atom stereocenters. The Bertz CT molecular complexity index is 3280. The third-order valence-electron chi connectivity index (χ3n) is 10.6. The number of nitrogens with zero attached hydrogens (tertiary/aromatic N) is 2.